The van der Waals surface area contributed by atoms with Crippen molar-refractivity contribution >= 4 is 5.97 Å². The Morgan fingerprint density at radius 3 is 2.43 bits per heavy atom. The molecule has 3 heteroatoms. The van der Waals surface area contributed by atoms with Crippen LogP contribution in [0.5, 0.6) is 0 Å². The van der Waals surface area contributed by atoms with Crippen molar-refractivity contribution < 1.29 is 14.3 Å². The molecule has 0 aromatic carbocycles. The van der Waals surface area contributed by atoms with Gasteiger partial charge in [0.1, 0.15) is 6.10 Å². The molecule has 0 aromatic heterocycles. The molecule has 2 atom stereocenters. The number of ether oxygens (including phenoxy) is 2. The third kappa shape index (κ3) is 5.97. The van der Waals surface area contributed by atoms with Crippen molar-refractivity contribution in [3.8, 4) is 0 Å². The first-order valence-corrected chi connectivity index (χ1v) is 5.40. The van der Waals surface area contributed by atoms with Crippen molar-refractivity contribution in [2.75, 3.05) is 6.61 Å². The van der Waals surface area contributed by atoms with Gasteiger partial charge in [0.05, 0.1) is 6.10 Å². The van der Waals surface area contributed by atoms with E-state index in [4.69, 9.17) is 9.47 Å². The van der Waals surface area contributed by atoms with E-state index in [1.54, 1.807) is 0 Å². The molecule has 0 heterocycles. The fourth-order valence-electron chi connectivity index (χ4n) is 1.41. The van der Waals surface area contributed by atoms with Crippen molar-refractivity contribution in [3.63, 3.8) is 0 Å². The van der Waals surface area contributed by atoms with Gasteiger partial charge in [-0.05, 0) is 20.3 Å². The lowest BCUT2D eigenvalue weighted by Gasteiger charge is -2.23. The SMILES string of the molecule is CCCCC(OCC)C(C)OC(C)=O. The summed E-state index contributed by atoms with van der Waals surface area (Å²) in [5.41, 5.74) is 0. The van der Waals surface area contributed by atoms with Gasteiger partial charge < -0.3 is 9.47 Å². The van der Waals surface area contributed by atoms with Crippen molar-refractivity contribution in [2.24, 2.45) is 0 Å². The summed E-state index contributed by atoms with van der Waals surface area (Å²) < 4.78 is 10.6. The topological polar surface area (TPSA) is 35.5 Å². The maximum Gasteiger partial charge on any atom is 0.302 e. The molecule has 0 fully saturated rings. The minimum Gasteiger partial charge on any atom is -0.460 e. The fourth-order valence-corrected chi connectivity index (χ4v) is 1.41. The molecule has 3 nitrogen and oxygen atoms in total. The molecule has 0 rings (SSSR count). The first kappa shape index (κ1) is 13.4. The predicted molar refractivity (Wildman–Crippen MR) is 56.2 cm³/mol. The number of unbranched alkanes of at least 4 members (excludes halogenated alkanes) is 1. The summed E-state index contributed by atoms with van der Waals surface area (Å²) in [6.45, 7) is 8.08. The highest BCUT2D eigenvalue weighted by molar-refractivity contribution is 5.66. The molecule has 0 saturated carbocycles. The molecule has 0 bridgehead atoms. The third-order valence-corrected chi connectivity index (χ3v) is 2.10. The molecule has 0 aliphatic rings. The molecule has 0 saturated heterocycles. The lowest BCUT2D eigenvalue weighted by Crippen LogP contribution is -2.30. The molecule has 84 valence electrons. The Balaban J connectivity index is 3.96. The minimum absolute atomic E-state index is 0.0452. The van der Waals surface area contributed by atoms with E-state index >= 15 is 0 Å². The molecule has 0 N–H and O–H groups in total. The Labute approximate surface area is 86.8 Å². The van der Waals surface area contributed by atoms with Crippen LogP contribution >= 0.6 is 0 Å². The van der Waals surface area contributed by atoms with E-state index in [2.05, 4.69) is 6.92 Å². The van der Waals surface area contributed by atoms with Gasteiger partial charge in [0.15, 0.2) is 0 Å². The molecule has 0 amide bonds. The highest BCUT2D eigenvalue weighted by Crippen LogP contribution is 2.12. The van der Waals surface area contributed by atoms with E-state index in [9.17, 15) is 4.79 Å². The predicted octanol–water partition coefficient (Wildman–Crippen LogP) is 2.53. The number of hydrogen-bond donors (Lipinski definition) is 0. The number of hydrogen-bond acceptors (Lipinski definition) is 3. The van der Waals surface area contributed by atoms with E-state index < -0.39 is 0 Å². The average molecular weight is 202 g/mol. The summed E-state index contributed by atoms with van der Waals surface area (Å²) in [5, 5.41) is 0. The Kier molecular flexibility index (Phi) is 7.48. The van der Waals surface area contributed by atoms with Crippen LogP contribution in [0.3, 0.4) is 0 Å². The van der Waals surface area contributed by atoms with E-state index in [0.717, 1.165) is 19.3 Å². The molecular formula is C11H22O3. The minimum atomic E-state index is -0.237. The van der Waals surface area contributed by atoms with Crippen LogP contribution in [0.15, 0.2) is 0 Å². The van der Waals surface area contributed by atoms with Crippen molar-refractivity contribution in [3.05, 3.63) is 0 Å². The van der Waals surface area contributed by atoms with Crippen LogP contribution in [0.25, 0.3) is 0 Å². The number of carbonyl (C=O) groups is 1. The van der Waals surface area contributed by atoms with Crippen molar-refractivity contribution in [1.82, 2.24) is 0 Å². The van der Waals surface area contributed by atoms with E-state index in [-0.39, 0.29) is 18.2 Å². The van der Waals surface area contributed by atoms with Crippen LogP contribution in [0.2, 0.25) is 0 Å². The first-order chi connectivity index (χ1) is 6.61. The first-order valence-electron chi connectivity index (χ1n) is 5.40. The Bertz CT molecular complexity index is 157. The van der Waals surface area contributed by atoms with Crippen LogP contribution < -0.4 is 0 Å². The van der Waals surface area contributed by atoms with Crippen LogP contribution in [-0.4, -0.2) is 24.8 Å². The van der Waals surface area contributed by atoms with Gasteiger partial charge in [0.25, 0.3) is 0 Å². The lowest BCUT2D eigenvalue weighted by atomic mass is 10.1. The molecule has 0 radical (unpaired) electrons. The molecule has 0 aromatic rings. The Hall–Kier alpha value is -0.570. The van der Waals surface area contributed by atoms with Crippen LogP contribution in [0.1, 0.15) is 47.0 Å². The lowest BCUT2D eigenvalue weighted by molar-refractivity contribution is -0.153. The summed E-state index contributed by atoms with van der Waals surface area (Å²) in [4.78, 5) is 10.8. The molecule has 0 spiro atoms. The molecule has 2 unspecified atom stereocenters. The number of carbonyl (C=O) groups excluding carboxylic acids is 1. The van der Waals surface area contributed by atoms with E-state index in [1.165, 1.54) is 6.92 Å². The molecule has 0 aliphatic heterocycles. The highest BCUT2D eigenvalue weighted by atomic mass is 16.6. The van der Waals surface area contributed by atoms with Gasteiger partial charge in [-0.25, -0.2) is 0 Å². The normalized spacial score (nSPS) is 14.9. The van der Waals surface area contributed by atoms with Gasteiger partial charge in [-0.2, -0.15) is 0 Å². The summed E-state index contributed by atoms with van der Waals surface area (Å²) in [7, 11) is 0. The van der Waals surface area contributed by atoms with Gasteiger partial charge in [-0.1, -0.05) is 19.8 Å². The Morgan fingerprint density at radius 1 is 1.36 bits per heavy atom. The van der Waals surface area contributed by atoms with Crippen molar-refractivity contribution in [1.29, 1.82) is 0 Å². The summed E-state index contributed by atoms with van der Waals surface area (Å²) in [6, 6.07) is 0. The van der Waals surface area contributed by atoms with Gasteiger partial charge in [-0.3, -0.25) is 4.79 Å². The Morgan fingerprint density at radius 2 is 2.00 bits per heavy atom. The maximum absolute atomic E-state index is 10.8. The van der Waals surface area contributed by atoms with E-state index in [1.807, 2.05) is 13.8 Å². The van der Waals surface area contributed by atoms with Gasteiger partial charge in [0, 0.05) is 13.5 Å². The largest absolute Gasteiger partial charge is 0.460 e. The van der Waals surface area contributed by atoms with Crippen LogP contribution in [-0.2, 0) is 14.3 Å². The molecular weight excluding hydrogens is 180 g/mol. The van der Waals surface area contributed by atoms with Gasteiger partial charge >= 0.3 is 5.97 Å². The average Bonchev–Trinajstić information content (AvgIpc) is 2.10. The van der Waals surface area contributed by atoms with Gasteiger partial charge in [0.2, 0.25) is 0 Å². The smallest absolute Gasteiger partial charge is 0.302 e. The maximum atomic E-state index is 10.8. The standard InChI is InChI=1S/C11H22O3/c1-5-7-8-11(13-6-2)9(3)14-10(4)12/h9,11H,5-8H2,1-4H3. The van der Waals surface area contributed by atoms with Crippen LogP contribution in [0, 0.1) is 0 Å². The van der Waals surface area contributed by atoms with Crippen LogP contribution in [0.4, 0.5) is 0 Å². The zero-order valence-corrected chi connectivity index (χ0v) is 9.71. The van der Waals surface area contributed by atoms with Crippen molar-refractivity contribution in [2.45, 2.75) is 59.2 Å². The summed E-state index contributed by atoms with van der Waals surface area (Å²) >= 11 is 0. The summed E-state index contributed by atoms with van der Waals surface area (Å²) in [6.07, 6.45) is 3.11. The van der Waals surface area contributed by atoms with Gasteiger partial charge in [-0.15, -0.1) is 0 Å². The summed E-state index contributed by atoms with van der Waals surface area (Å²) in [5.74, 6) is -0.237. The fraction of sp³-hybridized carbons (Fsp3) is 0.909. The monoisotopic (exact) mass is 202 g/mol. The van der Waals surface area contributed by atoms with E-state index in [0.29, 0.717) is 6.61 Å². The second-order valence-electron chi connectivity index (χ2n) is 3.45. The number of esters is 1. The zero-order valence-electron chi connectivity index (χ0n) is 9.71. The molecule has 0 aliphatic carbocycles. The quantitative estimate of drug-likeness (QED) is 0.595. The number of rotatable bonds is 7. The zero-order chi connectivity index (χ0) is 11.0. The second kappa shape index (κ2) is 7.80. The molecule has 14 heavy (non-hydrogen) atoms. The second-order valence-corrected chi connectivity index (χ2v) is 3.45. The highest BCUT2D eigenvalue weighted by Gasteiger charge is 2.19. The third-order valence-electron chi connectivity index (χ3n) is 2.10.